The SMILES string of the molecule is CC(C)CNS(=O)(=O)c1ccc(-c2ccc([N+](=O)[O-])cc2)cc1. The molecule has 0 bridgehead atoms. The maximum atomic E-state index is 12.1. The predicted octanol–water partition coefficient (Wildman–Crippen LogP) is 3.20. The molecule has 0 atom stereocenters. The van der Waals surface area contributed by atoms with Gasteiger partial charge < -0.3 is 0 Å². The van der Waals surface area contributed by atoms with Gasteiger partial charge in [0, 0.05) is 18.7 Å². The molecule has 2 rings (SSSR count). The van der Waals surface area contributed by atoms with E-state index in [1.54, 1.807) is 24.3 Å². The lowest BCUT2D eigenvalue weighted by atomic mass is 10.1. The molecule has 0 saturated heterocycles. The average Bonchev–Trinajstić information content (AvgIpc) is 2.53. The van der Waals surface area contributed by atoms with E-state index in [0.717, 1.165) is 11.1 Å². The molecule has 2 aromatic carbocycles. The number of non-ortho nitro benzene ring substituents is 1. The maximum absolute atomic E-state index is 12.1. The number of nitrogens with zero attached hydrogens (tertiary/aromatic N) is 1. The zero-order valence-corrected chi connectivity index (χ0v) is 13.7. The van der Waals surface area contributed by atoms with Crippen molar-refractivity contribution in [1.82, 2.24) is 4.72 Å². The van der Waals surface area contributed by atoms with Gasteiger partial charge >= 0.3 is 0 Å². The number of benzene rings is 2. The summed E-state index contributed by atoms with van der Waals surface area (Å²) in [6, 6.07) is 12.5. The van der Waals surface area contributed by atoms with Crippen molar-refractivity contribution in [2.24, 2.45) is 5.92 Å². The molecule has 7 heteroatoms. The summed E-state index contributed by atoms with van der Waals surface area (Å²) in [4.78, 5) is 10.4. The Morgan fingerprint density at radius 1 is 1.00 bits per heavy atom. The number of hydrogen-bond acceptors (Lipinski definition) is 4. The molecule has 0 amide bonds. The molecule has 1 N–H and O–H groups in total. The lowest BCUT2D eigenvalue weighted by Crippen LogP contribution is -2.27. The highest BCUT2D eigenvalue weighted by Gasteiger charge is 2.14. The van der Waals surface area contributed by atoms with Crippen LogP contribution < -0.4 is 4.72 Å². The third kappa shape index (κ3) is 4.37. The van der Waals surface area contributed by atoms with Crippen LogP contribution in [0, 0.1) is 16.0 Å². The second-order valence-corrected chi connectivity index (χ2v) is 7.34. The van der Waals surface area contributed by atoms with Crippen LogP contribution in [0.5, 0.6) is 0 Å². The smallest absolute Gasteiger partial charge is 0.258 e. The monoisotopic (exact) mass is 334 g/mol. The van der Waals surface area contributed by atoms with Crippen molar-refractivity contribution in [3.8, 4) is 11.1 Å². The van der Waals surface area contributed by atoms with Gasteiger partial charge in [-0.05, 0) is 41.3 Å². The molecule has 0 aromatic heterocycles. The van der Waals surface area contributed by atoms with Crippen molar-refractivity contribution in [3.63, 3.8) is 0 Å². The molecular weight excluding hydrogens is 316 g/mol. The second-order valence-electron chi connectivity index (χ2n) is 5.57. The van der Waals surface area contributed by atoms with E-state index in [9.17, 15) is 18.5 Å². The van der Waals surface area contributed by atoms with E-state index in [0.29, 0.717) is 6.54 Å². The van der Waals surface area contributed by atoms with Gasteiger partial charge in [0.2, 0.25) is 10.0 Å². The van der Waals surface area contributed by atoms with E-state index in [1.807, 2.05) is 13.8 Å². The fourth-order valence-electron chi connectivity index (χ4n) is 1.96. The average molecular weight is 334 g/mol. The molecule has 0 aliphatic carbocycles. The first-order valence-corrected chi connectivity index (χ1v) is 8.62. The number of rotatable bonds is 6. The number of nitro groups is 1. The molecule has 23 heavy (non-hydrogen) atoms. The fourth-order valence-corrected chi connectivity index (χ4v) is 3.18. The standard InChI is InChI=1S/C16H18N2O4S/c1-12(2)11-17-23(21,22)16-9-5-14(6-10-16)13-3-7-15(8-4-13)18(19)20/h3-10,12,17H,11H2,1-2H3. The molecule has 2 aromatic rings. The number of nitrogens with one attached hydrogen (secondary N) is 1. The van der Waals surface area contributed by atoms with E-state index >= 15 is 0 Å². The van der Waals surface area contributed by atoms with Gasteiger partial charge in [-0.25, -0.2) is 13.1 Å². The van der Waals surface area contributed by atoms with E-state index < -0.39 is 14.9 Å². The number of hydrogen-bond donors (Lipinski definition) is 1. The van der Waals surface area contributed by atoms with Crippen molar-refractivity contribution in [1.29, 1.82) is 0 Å². The normalized spacial score (nSPS) is 11.6. The van der Waals surface area contributed by atoms with Crippen molar-refractivity contribution >= 4 is 15.7 Å². The number of nitro benzene ring substituents is 1. The fraction of sp³-hybridized carbons (Fsp3) is 0.250. The van der Waals surface area contributed by atoms with Gasteiger partial charge in [0.05, 0.1) is 9.82 Å². The van der Waals surface area contributed by atoms with Crippen LogP contribution in [0.15, 0.2) is 53.4 Å². The van der Waals surface area contributed by atoms with Crippen LogP contribution in [0.25, 0.3) is 11.1 Å². The van der Waals surface area contributed by atoms with Crippen molar-refractivity contribution < 1.29 is 13.3 Å². The summed E-state index contributed by atoms with van der Waals surface area (Å²) in [5, 5.41) is 10.6. The maximum Gasteiger partial charge on any atom is 0.269 e. The summed E-state index contributed by atoms with van der Waals surface area (Å²) >= 11 is 0. The Morgan fingerprint density at radius 3 is 1.91 bits per heavy atom. The summed E-state index contributed by atoms with van der Waals surface area (Å²) in [6.07, 6.45) is 0. The van der Waals surface area contributed by atoms with Crippen molar-refractivity contribution in [3.05, 3.63) is 58.6 Å². The highest BCUT2D eigenvalue weighted by molar-refractivity contribution is 7.89. The summed E-state index contributed by atoms with van der Waals surface area (Å²) < 4.78 is 26.8. The number of sulfonamides is 1. The van der Waals surface area contributed by atoms with Gasteiger partial charge in [-0.15, -0.1) is 0 Å². The Kier molecular flexibility index (Phi) is 5.12. The van der Waals surface area contributed by atoms with Gasteiger partial charge in [-0.1, -0.05) is 26.0 Å². The van der Waals surface area contributed by atoms with E-state index in [4.69, 9.17) is 0 Å². The van der Waals surface area contributed by atoms with Crippen LogP contribution in [0.4, 0.5) is 5.69 Å². The van der Waals surface area contributed by atoms with Crippen molar-refractivity contribution in [2.45, 2.75) is 18.7 Å². The summed E-state index contributed by atoms with van der Waals surface area (Å²) in [7, 11) is -3.51. The third-order valence-electron chi connectivity index (χ3n) is 3.26. The minimum Gasteiger partial charge on any atom is -0.258 e. The minimum atomic E-state index is -3.51. The Morgan fingerprint density at radius 2 is 1.48 bits per heavy atom. The molecule has 122 valence electrons. The Hall–Kier alpha value is -2.25. The molecular formula is C16H18N2O4S. The quantitative estimate of drug-likeness (QED) is 0.649. The molecule has 0 unspecified atom stereocenters. The van der Waals surface area contributed by atoms with Crippen LogP contribution in [0.3, 0.4) is 0 Å². The zero-order chi connectivity index (χ0) is 17.0. The highest BCUT2D eigenvalue weighted by Crippen LogP contribution is 2.23. The van der Waals surface area contributed by atoms with E-state index in [2.05, 4.69) is 4.72 Å². The molecule has 0 saturated carbocycles. The Bertz CT molecular complexity index is 782. The largest absolute Gasteiger partial charge is 0.269 e. The topological polar surface area (TPSA) is 89.3 Å². The molecule has 0 spiro atoms. The second kappa shape index (κ2) is 6.89. The van der Waals surface area contributed by atoms with E-state index in [-0.39, 0.29) is 16.5 Å². The lowest BCUT2D eigenvalue weighted by molar-refractivity contribution is -0.384. The van der Waals surface area contributed by atoms with Gasteiger partial charge in [0.25, 0.3) is 5.69 Å². The molecule has 0 aliphatic heterocycles. The summed E-state index contributed by atoms with van der Waals surface area (Å²) in [6.45, 7) is 4.24. The summed E-state index contributed by atoms with van der Waals surface area (Å²) in [5.74, 6) is 0.226. The van der Waals surface area contributed by atoms with Gasteiger partial charge in [0.1, 0.15) is 0 Å². The van der Waals surface area contributed by atoms with Gasteiger partial charge in [0.15, 0.2) is 0 Å². The molecule has 0 heterocycles. The van der Waals surface area contributed by atoms with Gasteiger partial charge in [-0.3, -0.25) is 10.1 Å². The van der Waals surface area contributed by atoms with Crippen LogP contribution in [0.2, 0.25) is 0 Å². The van der Waals surface area contributed by atoms with Crippen LogP contribution in [-0.4, -0.2) is 19.9 Å². The van der Waals surface area contributed by atoms with Crippen LogP contribution in [0.1, 0.15) is 13.8 Å². The molecule has 0 fully saturated rings. The highest BCUT2D eigenvalue weighted by atomic mass is 32.2. The Labute approximate surface area is 135 Å². The predicted molar refractivity (Wildman–Crippen MR) is 88.6 cm³/mol. The van der Waals surface area contributed by atoms with E-state index in [1.165, 1.54) is 24.3 Å². The first kappa shape index (κ1) is 17.1. The van der Waals surface area contributed by atoms with Crippen molar-refractivity contribution in [2.75, 3.05) is 6.54 Å². The lowest BCUT2D eigenvalue weighted by Gasteiger charge is -2.09. The zero-order valence-electron chi connectivity index (χ0n) is 12.9. The van der Waals surface area contributed by atoms with Crippen LogP contribution in [-0.2, 0) is 10.0 Å². The first-order valence-electron chi connectivity index (χ1n) is 7.14. The van der Waals surface area contributed by atoms with Gasteiger partial charge in [-0.2, -0.15) is 0 Å². The first-order chi connectivity index (χ1) is 10.8. The Balaban J connectivity index is 2.20. The molecule has 0 radical (unpaired) electrons. The van der Waals surface area contributed by atoms with Crippen LogP contribution >= 0.6 is 0 Å². The summed E-state index contributed by atoms with van der Waals surface area (Å²) in [5.41, 5.74) is 1.60. The minimum absolute atomic E-state index is 0.0193. The third-order valence-corrected chi connectivity index (χ3v) is 4.70. The molecule has 0 aliphatic rings. The molecule has 6 nitrogen and oxygen atoms in total.